The molecule has 0 amide bonds. The van der Waals surface area contributed by atoms with Gasteiger partial charge in [0.25, 0.3) is 0 Å². The van der Waals surface area contributed by atoms with Gasteiger partial charge in [-0.05, 0) is 26.0 Å². The lowest BCUT2D eigenvalue weighted by atomic mass is 10.2. The second-order valence-corrected chi connectivity index (χ2v) is 5.13. The zero-order chi connectivity index (χ0) is 13.4. The van der Waals surface area contributed by atoms with Crippen LogP contribution in [0.1, 0.15) is 19.5 Å². The highest BCUT2D eigenvalue weighted by molar-refractivity contribution is 5.56. The molecule has 0 spiro atoms. The normalized spacial score (nSPS) is 24.1. The van der Waals surface area contributed by atoms with Crippen molar-refractivity contribution in [2.45, 2.75) is 32.7 Å². The molecule has 0 bridgehead atoms. The summed E-state index contributed by atoms with van der Waals surface area (Å²) in [5.41, 5.74) is 1.71. The van der Waals surface area contributed by atoms with Gasteiger partial charge in [0.1, 0.15) is 5.65 Å². The summed E-state index contributed by atoms with van der Waals surface area (Å²) in [7, 11) is 0. The third kappa shape index (κ3) is 2.19. The van der Waals surface area contributed by atoms with Gasteiger partial charge in [0.15, 0.2) is 5.82 Å². The summed E-state index contributed by atoms with van der Waals surface area (Å²) in [6, 6.07) is 5.86. The highest BCUT2D eigenvalue weighted by Gasteiger charge is 2.26. The summed E-state index contributed by atoms with van der Waals surface area (Å²) < 4.78 is 7.69. The monoisotopic (exact) mass is 261 g/mol. The van der Waals surface area contributed by atoms with Gasteiger partial charge in [-0.15, -0.1) is 0 Å². The number of aliphatic hydroxyl groups excluding tert-OH is 1. The second-order valence-electron chi connectivity index (χ2n) is 5.13. The Morgan fingerprint density at radius 1 is 1.32 bits per heavy atom. The average Bonchev–Trinajstić information content (AvgIpc) is 2.76. The molecule has 2 aromatic rings. The molecule has 2 aromatic heterocycles. The first-order valence-electron chi connectivity index (χ1n) is 6.66. The van der Waals surface area contributed by atoms with Crippen molar-refractivity contribution in [3.05, 3.63) is 30.1 Å². The van der Waals surface area contributed by atoms with E-state index >= 15 is 0 Å². The van der Waals surface area contributed by atoms with Crippen molar-refractivity contribution in [1.29, 1.82) is 0 Å². The molecular formula is C14H19N3O2. The zero-order valence-corrected chi connectivity index (χ0v) is 11.3. The van der Waals surface area contributed by atoms with E-state index in [1.165, 1.54) is 0 Å². The molecule has 0 aliphatic carbocycles. The largest absolute Gasteiger partial charge is 0.390 e. The number of morpholine rings is 1. The minimum absolute atomic E-state index is 0.0133. The topological polar surface area (TPSA) is 50.0 Å². The van der Waals surface area contributed by atoms with Gasteiger partial charge in [0.2, 0.25) is 0 Å². The molecule has 1 N–H and O–H groups in total. The summed E-state index contributed by atoms with van der Waals surface area (Å²) in [6.45, 7) is 5.73. The first kappa shape index (κ1) is 12.4. The lowest BCUT2D eigenvalue weighted by molar-refractivity contribution is -0.00554. The minimum Gasteiger partial charge on any atom is -0.390 e. The van der Waals surface area contributed by atoms with Crippen LogP contribution in [0.3, 0.4) is 0 Å². The van der Waals surface area contributed by atoms with Gasteiger partial charge in [-0.1, -0.05) is 6.07 Å². The van der Waals surface area contributed by atoms with Crippen LogP contribution >= 0.6 is 0 Å². The van der Waals surface area contributed by atoms with E-state index in [-0.39, 0.29) is 18.8 Å². The molecule has 5 heteroatoms. The van der Waals surface area contributed by atoms with E-state index in [4.69, 9.17) is 4.74 Å². The van der Waals surface area contributed by atoms with E-state index in [1.807, 2.05) is 28.8 Å². The van der Waals surface area contributed by atoms with E-state index < -0.39 is 0 Å². The van der Waals surface area contributed by atoms with E-state index in [9.17, 15) is 5.11 Å². The molecule has 3 rings (SSSR count). The van der Waals surface area contributed by atoms with Crippen molar-refractivity contribution >= 4 is 11.5 Å². The lowest BCUT2D eigenvalue weighted by Gasteiger charge is -2.35. The van der Waals surface area contributed by atoms with Crippen molar-refractivity contribution in [3.63, 3.8) is 0 Å². The van der Waals surface area contributed by atoms with Crippen LogP contribution in [-0.2, 0) is 11.3 Å². The molecule has 102 valence electrons. The zero-order valence-electron chi connectivity index (χ0n) is 11.3. The third-order valence-electron chi connectivity index (χ3n) is 3.48. The number of anilines is 1. The first-order valence-corrected chi connectivity index (χ1v) is 6.66. The van der Waals surface area contributed by atoms with E-state index in [1.54, 1.807) is 0 Å². The molecule has 2 unspecified atom stereocenters. The van der Waals surface area contributed by atoms with Crippen molar-refractivity contribution < 1.29 is 9.84 Å². The first-order chi connectivity index (χ1) is 9.19. The number of pyridine rings is 1. The van der Waals surface area contributed by atoms with Gasteiger partial charge in [-0.25, -0.2) is 4.98 Å². The summed E-state index contributed by atoms with van der Waals surface area (Å²) in [6.07, 6.45) is 2.30. The predicted octanol–water partition coefficient (Wildman–Crippen LogP) is 1.44. The van der Waals surface area contributed by atoms with E-state index in [0.29, 0.717) is 0 Å². The molecule has 0 radical (unpaired) electrons. The Morgan fingerprint density at radius 3 is 2.74 bits per heavy atom. The molecule has 0 aromatic carbocycles. The Bertz CT molecular complexity index is 571. The summed E-state index contributed by atoms with van der Waals surface area (Å²) in [4.78, 5) is 6.86. The average molecular weight is 261 g/mol. The number of nitrogens with zero attached hydrogens (tertiary/aromatic N) is 3. The van der Waals surface area contributed by atoms with Crippen LogP contribution in [-0.4, -0.2) is 39.8 Å². The Balaban J connectivity index is 2.04. The number of fused-ring (bicyclic) bond motifs is 1. The van der Waals surface area contributed by atoms with Crippen LogP contribution in [0.2, 0.25) is 0 Å². The molecule has 1 aliphatic heterocycles. The maximum absolute atomic E-state index is 9.65. The fourth-order valence-electron chi connectivity index (χ4n) is 2.79. The Morgan fingerprint density at radius 2 is 2.05 bits per heavy atom. The van der Waals surface area contributed by atoms with Crippen LogP contribution in [0, 0.1) is 0 Å². The number of imidazole rings is 1. The second kappa shape index (κ2) is 4.83. The molecule has 1 fully saturated rings. The third-order valence-corrected chi connectivity index (χ3v) is 3.48. The van der Waals surface area contributed by atoms with E-state index in [2.05, 4.69) is 23.7 Å². The van der Waals surface area contributed by atoms with Crippen molar-refractivity contribution in [1.82, 2.24) is 9.38 Å². The molecular weight excluding hydrogens is 242 g/mol. The molecule has 3 heterocycles. The highest BCUT2D eigenvalue weighted by Crippen LogP contribution is 2.25. The van der Waals surface area contributed by atoms with Gasteiger partial charge < -0.3 is 14.7 Å². The Kier molecular flexibility index (Phi) is 3.16. The molecule has 0 saturated carbocycles. The summed E-state index contributed by atoms with van der Waals surface area (Å²) >= 11 is 0. The summed E-state index contributed by atoms with van der Waals surface area (Å²) in [5.74, 6) is 0.871. The van der Waals surface area contributed by atoms with Crippen LogP contribution in [0.4, 0.5) is 5.82 Å². The van der Waals surface area contributed by atoms with Gasteiger partial charge in [-0.2, -0.15) is 0 Å². The molecule has 5 nitrogen and oxygen atoms in total. The standard InChI is InChI=1S/C14H19N3O2/c1-10-7-16(8-11(2)19-10)14-12(9-18)17-6-4-3-5-13(17)15-14/h3-6,10-11,18H,7-9H2,1-2H3. The predicted molar refractivity (Wildman–Crippen MR) is 73.3 cm³/mol. The number of ether oxygens (including phenoxy) is 1. The number of hydrogen-bond acceptors (Lipinski definition) is 4. The van der Waals surface area contributed by atoms with Crippen molar-refractivity contribution in [2.24, 2.45) is 0 Å². The van der Waals surface area contributed by atoms with Crippen LogP contribution in [0.5, 0.6) is 0 Å². The Labute approximate surface area is 112 Å². The molecule has 1 aliphatic rings. The molecule has 1 saturated heterocycles. The number of rotatable bonds is 2. The van der Waals surface area contributed by atoms with Crippen LogP contribution < -0.4 is 4.90 Å². The van der Waals surface area contributed by atoms with Gasteiger partial charge >= 0.3 is 0 Å². The summed E-state index contributed by atoms with van der Waals surface area (Å²) in [5, 5.41) is 9.65. The Hall–Kier alpha value is -1.59. The van der Waals surface area contributed by atoms with E-state index in [0.717, 1.165) is 30.2 Å². The highest BCUT2D eigenvalue weighted by atomic mass is 16.5. The van der Waals surface area contributed by atoms with Crippen LogP contribution in [0.25, 0.3) is 5.65 Å². The number of hydrogen-bond donors (Lipinski definition) is 1. The SMILES string of the molecule is CC1CN(c2nc3ccccn3c2CO)CC(C)O1. The number of aromatic nitrogens is 2. The van der Waals surface area contributed by atoms with Gasteiger partial charge in [-0.3, -0.25) is 4.40 Å². The maximum atomic E-state index is 9.65. The fourth-order valence-corrected chi connectivity index (χ4v) is 2.79. The van der Waals surface area contributed by atoms with Gasteiger partial charge in [0.05, 0.1) is 24.5 Å². The number of aliphatic hydroxyl groups is 1. The maximum Gasteiger partial charge on any atom is 0.153 e. The molecule has 19 heavy (non-hydrogen) atoms. The smallest absolute Gasteiger partial charge is 0.153 e. The molecule has 2 atom stereocenters. The van der Waals surface area contributed by atoms with Crippen molar-refractivity contribution in [3.8, 4) is 0 Å². The minimum atomic E-state index is -0.0133. The van der Waals surface area contributed by atoms with Gasteiger partial charge in [0, 0.05) is 19.3 Å². The van der Waals surface area contributed by atoms with Crippen LogP contribution in [0.15, 0.2) is 24.4 Å². The fraction of sp³-hybridized carbons (Fsp3) is 0.500. The lowest BCUT2D eigenvalue weighted by Crippen LogP contribution is -2.46. The van der Waals surface area contributed by atoms with Crippen molar-refractivity contribution in [2.75, 3.05) is 18.0 Å². The quantitative estimate of drug-likeness (QED) is 0.888.